The Morgan fingerprint density at radius 1 is 1.05 bits per heavy atom. The SMILES string of the molecule is Cc1cc(N)cc(S(=O)(=O)N(C)c2ccccc2)c1C. The summed E-state index contributed by atoms with van der Waals surface area (Å²) in [6.45, 7) is 3.65. The normalized spacial score (nSPS) is 11.3. The van der Waals surface area contributed by atoms with E-state index in [1.54, 1.807) is 44.3 Å². The number of nitrogen functional groups attached to an aromatic ring is 1. The lowest BCUT2D eigenvalue weighted by atomic mass is 10.1. The van der Waals surface area contributed by atoms with Crippen molar-refractivity contribution in [3.05, 3.63) is 53.6 Å². The fourth-order valence-electron chi connectivity index (χ4n) is 2.05. The summed E-state index contributed by atoms with van der Waals surface area (Å²) < 4.78 is 26.7. The first kappa shape index (κ1) is 14.4. The molecule has 0 aliphatic heterocycles. The highest BCUT2D eigenvalue weighted by atomic mass is 32.2. The maximum atomic E-state index is 12.7. The monoisotopic (exact) mass is 290 g/mol. The minimum atomic E-state index is -3.61. The number of nitrogens with zero attached hydrogens (tertiary/aromatic N) is 1. The molecule has 20 heavy (non-hydrogen) atoms. The lowest BCUT2D eigenvalue weighted by Gasteiger charge is -2.21. The van der Waals surface area contributed by atoms with Gasteiger partial charge in [0.2, 0.25) is 0 Å². The van der Waals surface area contributed by atoms with Gasteiger partial charge in [0.15, 0.2) is 0 Å². The first-order chi connectivity index (χ1) is 9.34. The van der Waals surface area contributed by atoms with Gasteiger partial charge in [-0.3, -0.25) is 4.31 Å². The van der Waals surface area contributed by atoms with Gasteiger partial charge in [0.05, 0.1) is 10.6 Å². The van der Waals surface area contributed by atoms with Gasteiger partial charge in [0.25, 0.3) is 10.0 Å². The van der Waals surface area contributed by atoms with Crippen molar-refractivity contribution in [2.45, 2.75) is 18.7 Å². The van der Waals surface area contributed by atoms with E-state index in [0.717, 1.165) is 11.1 Å². The maximum Gasteiger partial charge on any atom is 0.264 e. The van der Waals surface area contributed by atoms with Crippen LogP contribution in [-0.4, -0.2) is 15.5 Å². The minimum absolute atomic E-state index is 0.251. The molecule has 0 amide bonds. The van der Waals surface area contributed by atoms with Crippen LogP contribution in [-0.2, 0) is 10.0 Å². The van der Waals surface area contributed by atoms with Gasteiger partial charge in [-0.1, -0.05) is 18.2 Å². The fraction of sp³-hybridized carbons (Fsp3) is 0.200. The van der Waals surface area contributed by atoms with Crippen LogP contribution < -0.4 is 10.0 Å². The molecule has 2 aromatic rings. The summed E-state index contributed by atoms with van der Waals surface area (Å²) in [5, 5.41) is 0. The molecule has 0 spiro atoms. The van der Waals surface area contributed by atoms with Crippen LogP contribution >= 0.6 is 0 Å². The Morgan fingerprint density at radius 2 is 1.65 bits per heavy atom. The zero-order valence-corrected chi connectivity index (χ0v) is 12.6. The van der Waals surface area contributed by atoms with E-state index in [-0.39, 0.29) is 4.90 Å². The Hall–Kier alpha value is -2.01. The minimum Gasteiger partial charge on any atom is -0.399 e. The van der Waals surface area contributed by atoms with Gasteiger partial charge in [0, 0.05) is 12.7 Å². The molecule has 0 saturated carbocycles. The van der Waals surface area contributed by atoms with Crippen LogP contribution in [0.2, 0.25) is 0 Å². The molecular weight excluding hydrogens is 272 g/mol. The van der Waals surface area contributed by atoms with Gasteiger partial charge in [-0.25, -0.2) is 8.42 Å². The van der Waals surface area contributed by atoms with Crippen molar-refractivity contribution in [2.75, 3.05) is 17.1 Å². The zero-order chi connectivity index (χ0) is 14.9. The molecule has 0 unspecified atom stereocenters. The molecule has 4 nitrogen and oxygen atoms in total. The molecule has 106 valence electrons. The lowest BCUT2D eigenvalue weighted by Crippen LogP contribution is -2.27. The Bertz CT molecular complexity index is 725. The van der Waals surface area contributed by atoms with Gasteiger partial charge in [-0.05, 0) is 49.2 Å². The highest BCUT2D eigenvalue weighted by Gasteiger charge is 2.24. The highest BCUT2D eigenvalue weighted by Crippen LogP contribution is 2.27. The van der Waals surface area contributed by atoms with Crippen LogP contribution in [0.1, 0.15) is 11.1 Å². The van der Waals surface area contributed by atoms with Gasteiger partial charge in [0.1, 0.15) is 0 Å². The smallest absolute Gasteiger partial charge is 0.264 e. The molecule has 2 aromatic carbocycles. The Balaban J connectivity index is 2.57. The molecule has 0 fully saturated rings. The van der Waals surface area contributed by atoms with Crippen LogP contribution in [0.5, 0.6) is 0 Å². The van der Waals surface area contributed by atoms with Crippen molar-refractivity contribution in [1.82, 2.24) is 0 Å². The molecule has 0 heterocycles. The summed E-state index contributed by atoms with van der Waals surface area (Å²) in [4.78, 5) is 0.251. The average Bonchev–Trinajstić information content (AvgIpc) is 2.42. The molecule has 5 heteroatoms. The van der Waals surface area contributed by atoms with E-state index >= 15 is 0 Å². The average molecular weight is 290 g/mol. The summed E-state index contributed by atoms with van der Waals surface area (Å²) in [6, 6.07) is 12.3. The summed E-state index contributed by atoms with van der Waals surface area (Å²) in [7, 11) is -2.07. The molecule has 0 aliphatic carbocycles. The Morgan fingerprint density at radius 3 is 2.25 bits per heavy atom. The van der Waals surface area contributed by atoms with Crippen LogP contribution in [0.25, 0.3) is 0 Å². The van der Waals surface area contributed by atoms with Gasteiger partial charge < -0.3 is 5.73 Å². The molecule has 0 saturated heterocycles. The van der Waals surface area contributed by atoms with E-state index in [9.17, 15) is 8.42 Å². The first-order valence-corrected chi connectivity index (χ1v) is 7.68. The molecule has 2 rings (SSSR count). The summed E-state index contributed by atoms with van der Waals surface area (Å²) in [6.07, 6.45) is 0. The van der Waals surface area contributed by atoms with E-state index in [4.69, 9.17) is 5.73 Å². The topological polar surface area (TPSA) is 63.4 Å². The van der Waals surface area contributed by atoms with Crippen molar-refractivity contribution in [3.63, 3.8) is 0 Å². The number of rotatable bonds is 3. The predicted octanol–water partition coefficient (Wildman–Crippen LogP) is 2.71. The Labute approximate surface area is 119 Å². The Kier molecular flexibility index (Phi) is 3.72. The van der Waals surface area contributed by atoms with E-state index < -0.39 is 10.0 Å². The van der Waals surface area contributed by atoms with Gasteiger partial charge in [-0.2, -0.15) is 0 Å². The number of anilines is 2. The third kappa shape index (κ3) is 2.49. The quantitative estimate of drug-likeness (QED) is 0.884. The largest absolute Gasteiger partial charge is 0.399 e. The van der Waals surface area contributed by atoms with Crippen LogP contribution in [0.3, 0.4) is 0 Å². The van der Waals surface area contributed by atoms with Crippen molar-refractivity contribution in [1.29, 1.82) is 0 Å². The van der Waals surface area contributed by atoms with E-state index in [1.807, 2.05) is 13.0 Å². The van der Waals surface area contributed by atoms with Crippen molar-refractivity contribution < 1.29 is 8.42 Å². The predicted molar refractivity (Wildman–Crippen MR) is 82.4 cm³/mol. The molecular formula is C15H18N2O2S. The maximum absolute atomic E-state index is 12.7. The number of hydrogen-bond donors (Lipinski definition) is 1. The van der Waals surface area contributed by atoms with Gasteiger partial charge in [-0.15, -0.1) is 0 Å². The third-order valence-corrected chi connectivity index (χ3v) is 5.31. The molecule has 0 aromatic heterocycles. The number of hydrogen-bond acceptors (Lipinski definition) is 3. The number of para-hydroxylation sites is 1. The third-order valence-electron chi connectivity index (χ3n) is 3.40. The van der Waals surface area contributed by atoms with Crippen molar-refractivity contribution in [3.8, 4) is 0 Å². The van der Waals surface area contributed by atoms with Crippen LogP contribution in [0, 0.1) is 13.8 Å². The number of nitrogens with two attached hydrogens (primary N) is 1. The van der Waals surface area contributed by atoms with Gasteiger partial charge >= 0.3 is 0 Å². The summed E-state index contributed by atoms with van der Waals surface area (Å²) in [5.41, 5.74) is 8.44. The second-order valence-electron chi connectivity index (χ2n) is 4.77. The number of benzene rings is 2. The number of aryl methyl sites for hydroxylation is 1. The van der Waals surface area contributed by atoms with E-state index in [2.05, 4.69) is 0 Å². The zero-order valence-electron chi connectivity index (χ0n) is 11.8. The second kappa shape index (κ2) is 5.17. The number of sulfonamides is 1. The molecule has 0 atom stereocenters. The standard InChI is InChI=1S/C15H18N2O2S/c1-11-9-13(16)10-15(12(11)2)20(18,19)17(3)14-7-5-4-6-8-14/h4-10H,16H2,1-3H3. The van der Waals surface area contributed by atoms with E-state index in [0.29, 0.717) is 11.4 Å². The summed E-state index contributed by atoms with van der Waals surface area (Å²) in [5.74, 6) is 0. The first-order valence-electron chi connectivity index (χ1n) is 6.24. The molecule has 2 N–H and O–H groups in total. The highest BCUT2D eigenvalue weighted by molar-refractivity contribution is 7.92. The second-order valence-corrected chi connectivity index (χ2v) is 6.71. The summed E-state index contributed by atoms with van der Waals surface area (Å²) >= 11 is 0. The van der Waals surface area contributed by atoms with Crippen molar-refractivity contribution in [2.24, 2.45) is 0 Å². The van der Waals surface area contributed by atoms with E-state index in [1.165, 1.54) is 10.4 Å². The van der Waals surface area contributed by atoms with Crippen LogP contribution in [0.15, 0.2) is 47.4 Å². The molecule has 0 aliphatic rings. The lowest BCUT2D eigenvalue weighted by molar-refractivity contribution is 0.593. The van der Waals surface area contributed by atoms with Crippen molar-refractivity contribution >= 4 is 21.4 Å². The molecule has 0 radical (unpaired) electrons. The van der Waals surface area contributed by atoms with Crippen LogP contribution in [0.4, 0.5) is 11.4 Å². The fourth-order valence-corrected chi connectivity index (χ4v) is 3.57. The molecule has 0 bridgehead atoms.